The number of H-pyrrole nitrogens is 1. The number of aromatic nitrogens is 1. The zero-order chi connectivity index (χ0) is 21.1. The average molecular weight is 432 g/mol. The van der Waals surface area contributed by atoms with E-state index in [0.717, 1.165) is 35.4 Å². The smallest absolute Gasteiger partial charge is 0.252 e. The number of nitrogens with one attached hydrogen (secondary N) is 1. The molecule has 0 spiro atoms. The summed E-state index contributed by atoms with van der Waals surface area (Å²) in [6.45, 7) is 0. The van der Waals surface area contributed by atoms with Crippen LogP contribution in [0.3, 0.4) is 0 Å². The van der Waals surface area contributed by atoms with E-state index >= 15 is 0 Å². The van der Waals surface area contributed by atoms with E-state index in [-0.39, 0.29) is 24.0 Å². The van der Waals surface area contributed by atoms with Crippen LogP contribution in [-0.4, -0.2) is 45.0 Å². The molecule has 5 nitrogen and oxygen atoms in total. The van der Waals surface area contributed by atoms with Crippen LogP contribution >= 0.6 is 12.2 Å². The lowest BCUT2D eigenvalue weighted by Gasteiger charge is -2.37. The van der Waals surface area contributed by atoms with Crippen LogP contribution in [0.25, 0.3) is 10.9 Å². The van der Waals surface area contributed by atoms with E-state index in [0.29, 0.717) is 11.5 Å². The molecule has 2 aromatic carbocycles. The normalized spacial score (nSPS) is 23.5. The Labute approximate surface area is 187 Å². The Morgan fingerprint density at radius 3 is 2.71 bits per heavy atom. The van der Waals surface area contributed by atoms with E-state index in [1.165, 1.54) is 23.8 Å². The molecule has 3 aromatic rings. The molecule has 2 aliphatic heterocycles. The molecule has 0 radical (unpaired) electrons. The number of aromatic amines is 1. The number of rotatable bonds is 3. The minimum absolute atomic E-state index is 0.140. The standard InChI is InChI=1S/C25H25N3O2S/c1-30-17-10-6-7-15(13-17)23-22-19(18-11-4-5-12-20(18)26-22)14-21-24(29)27(25(31)28(21)23)16-8-2-3-9-16/h4-7,10-13,16,21,23,26H,2-3,8-9,14H2,1H3. The summed E-state index contributed by atoms with van der Waals surface area (Å²) < 4.78 is 5.52. The molecule has 6 rings (SSSR count). The summed E-state index contributed by atoms with van der Waals surface area (Å²) in [6, 6.07) is 16.3. The van der Waals surface area contributed by atoms with Crippen molar-refractivity contribution in [3.05, 3.63) is 65.4 Å². The van der Waals surface area contributed by atoms with Crippen molar-refractivity contribution in [1.82, 2.24) is 14.8 Å². The molecule has 1 saturated carbocycles. The Bertz CT molecular complexity index is 1200. The van der Waals surface area contributed by atoms with Crippen molar-refractivity contribution < 1.29 is 9.53 Å². The SMILES string of the molecule is COc1cccc(C2c3[nH]c4ccccc4c3CC3C(=O)N(C4CCCC4)C(=S)N32)c1. The van der Waals surface area contributed by atoms with Gasteiger partial charge >= 0.3 is 0 Å². The van der Waals surface area contributed by atoms with Gasteiger partial charge in [0.1, 0.15) is 11.8 Å². The van der Waals surface area contributed by atoms with Gasteiger partial charge in [0.05, 0.1) is 13.2 Å². The number of thiocarbonyl (C=S) groups is 1. The van der Waals surface area contributed by atoms with Gasteiger partial charge in [-0.05, 0) is 54.4 Å². The van der Waals surface area contributed by atoms with Crippen LogP contribution < -0.4 is 4.74 Å². The summed E-state index contributed by atoms with van der Waals surface area (Å²) in [5, 5.41) is 1.88. The molecule has 3 heterocycles. The lowest BCUT2D eigenvalue weighted by molar-refractivity contribution is -0.129. The Hall–Kier alpha value is -2.86. The fourth-order valence-corrected chi connectivity index (χ4v) is 6.22. The van der Waals surface area contributed by atoms with E-state index in [2.05, 4.69) is 40.2 Å². The number of hydrogen-bond donors (Lipinski definition) is 1. The molecule has 1 saturated heterocycles. The maximum absolute atomic E-state index is 13.7. The quantitative estimate of drug-likeness (QED) is 0.618. The summed E-state index contributed by atoms with van der Waals surface area (Å²) in [7, 11) is 1.68. The lowest BCUT2D eigenvalue weighted by Crippen LogP contribution is -2.44. The monoisotopic (exact) mass is 431 g/mol. The molecule has 0 bridgehead atoms. The molecule has 6 heteroatoms. The molecular weight excluding hydrogens is 406 g/mol. The van der Waals surface area contributed by atoms with Crippen molar-refractivity contribution in [2.24, 2.45) is 0 Å². The topological polar surface area (TPSA) is 48.6 Å². The van der Waals surface area contributed by atoms with Gasteiger partial charge in [-0.2, -0.15) is 0 Å². The fourth-order valence-electron chi connectivity index (χ4n) is 5.75. The predicted octanol–water partition coefficient (Wildman–Crippen LogP) is 4.56. The number of fused-ring (bicyclic) bond motifs is 4. The van der Waals surface area contributed by atoms with Gasteiger partial charge < -0.3 is 14.6 Å². The highest BCUT2D eigenvalue weighted by Gasteiger charge is 2.52. The first-order valence-electron chi connectivity index (χ1n) is 11.1. The second kappa shape index (κ2) is 7.09. The largest absolute Gasteiger partial charge is 0.497 e. The maximum atomic E-state index is 13.7. The van der Waals surface area contributed by atoms with E-state index in [4.69, 9.17) is 17.0 Å². The summed E-state index contributed by atoms with van der Waals surface area (Å²) in [4.78, 5) is 21.5. The number of ether oxygens (including phenoxy) is 1. The highest BCUT2D eigenvalue weighted by atomic mass is 32.1. The van der Waals surface area contributed by atoms with Crippen molar-refractivity contribution in [2.75, 3.05) is 7.11 Å². The Morgan fingerprint density at radius 1 is 1.10 bits per heavy atom. The van der Waals surface area contributed by atoms with Crippen LogP contribution in [0.15, 0.2) is 48.5 Å². The van der Waals surface area contributed by atoms with E-state index in [9.17, 15) is 4.79 Å². The van der Waals surface area contributed by atoms with Crippen molar-refractivity contribution in [3.63, 3.8) is 0 Å². The van der Waals surface area contributed by atoms with E-state index in [1.807, 2.05) is 23.1 Å². The van der Waals surface area contributed by atoms with Crippen LogP contribution in [-0.2, 0) is 11.2 Å². The second-order valence-electron chi connectivity index (χ2n) is 8.80. The van der Waals surface area contributed by atoms with Crippen molar-refractivity contribution >= 4 is 34.1 Å². The predicted molar refractivity (Wildman–Crippen MR) is 124 cm³/mol. The van der Waals surface area contributed by atoms with Gasteiger partial charge in [-0.3, -0.25) is 9.69 Å². The maximum Gasteiger partial charge on any atom is 0.252 e. The third-order valence-corrected chi connectivity index (χ3v) is 7.59. The molecule has 1 aliphatic carbocycles. The Kier molecular flexibility index (Phi) is 4.32. The number of nitrogens with zero attached hydrogens (tertiary/aromatic N) is 2. The second-order valence-corrected chi connectivity index (χ2v) is 9.16. The highest BCUT2D eigenvalue weighted by molar-refractivity contribution is 7.80. The Balaban J connectivity index is 1.54. The Morgan fingerprint density at radius 2 is 1.90 bits per heavy atom. The number of carbonyl (C=O) groups excluding carboxylic acids is 1. The molecule has 3 aliphatic rings. The number of amides is 1. The first-order valence-corrected chi connectivity index (χ1v) is 11.5. The van der Waals surface area contributed by atoms with Gasteiger partial charge in [0.15, 0.2) is 5.11 Å². The van der Waals surface area contributed by atoms with Crippen LogP contribution in [0, 0.1) is 0 Å². The van der Waals surface area contributed by atoms with Gasteiger partial charge in [0.25, 0.3) is 5.91 Å². The number of benzene rings is 2. The van der Waals surface area contributed by atoms with E-state index < -0.39 is 0 Å². The number of carbonyl (C=O) groups is 1. The summed E-state index contributed by atoms with van der Waals surface area (Å²) in [5.41, 5.74) is 4.55. The average Bonchev–Trinajstić information content (AvgIpc) is 3.50. The minimum atomic E-state index is -0.254. The molecule has 1 aromatic heterocycles. The van der Waals surface area contributed by atoms with Gasteiger partial charge in [0.2, 0.25) is 0 Å². The van der Waals surface area contributed by atoms with Crippen molar-refractivity contribution in [2.45, 2.75) is 50.2 Å². The fraction of sp³-hybridized carbons (Fsp3) is 0.360. The minimum Gasteiger partial charge on any atom is -0.497 e. The van der Waals surface area contributed by atoms with Crippen molar-refractivity contribution in [3.8, 4) is 5.75 Å². The van der Waals surface area contributed by atoms with Crippen LogP contribution in [0.4, 0.5) is 0 Å². The zero-order valence-corrected chi connectivity index (χ0v) is 18.3. The molecule has 2 fully saturated rings. The molecule has 158 valence electrons. The molecule has 31 heavy (non-hydrogen) atoms. The van der Waals surface area contributed by atoms with E-state index in [1.54, 1.807) is 7.11 Å². The molecule has 2 atom stereocenters. The number of methoxy groups -OCH3 is 1. The van der Waals surface area contributed by atoms with Gasteiger partial charge in [-0.15, -0.1) is 0 Å². The first kappa shape index (κ1) is 18.9. The third kappa shape index (κ3) is 2.74. The summed E-state index contributed by atoms with van der Waals surface area (Å²) in [5.74, 6) is 0.974. The zero-order valence-electron chi connectivity index (χ0n) is 17.5. The van der Waals surface area contributed by atoms with Crippen molar-refractivity contribution in [1.29, 1.82) is 0 Å². The van der Waals surface area contributed by atoms with Gasteiger partial charge in [-0.1, -0.05) is 43.2 Å². The van der Waals surface area contributed by atoms with Gasteiger partial charge in [0, 0.05) is 29.1 Å². The number of hydrogen-bond acceptors (Lipinski definition) is 3. The summed E-state index contributed by atoms with van der Waals surface area (Å²) >= 11 is 5.99. The van der Waals surface area contributed by atoms with Gasteiger partial charge in [-0.25, -0.2) is 0 Å². The molecule has 2 unspecified atom stereocenters. The third-order valence-electron chi connectivity index (χ3n) is 7.18. The lowest BCUT2D eigenvalue weighted by atomic mass is 9.89. The molecular formula is C25H25N3O2S. The van der Waals surface area contributed by atoms with Crippen LogP contribution in [0.5, 0.6) is 5.75 Å². The van der Waals surface area contributed by atoms with Crippen LogP contribution in [0.1, 0.15) is 48.5 Å². The highest BCUT2D eigenvalue weighted by Crippen LogP contribution is 2.45. The summed E-state index contributed by atoms with van der Waals surface area (Å²) in [6.07, 6.45) is 5.12. The van der Waals surface area contributed by atoms with Crippen LogP contribution in [0.2, 0.25) is 0 Å². The number of para-hydroxylation sites is 1. The molecule has 1 amide bonds. The first-order chi connectivity index (χ1) is 15.2. The molecule has 1 N–H and O–H groups in total.